The largest absolute Gasteiger partial charge is 1.00 e. The average molecular weight is 1090 g/mol. The summed E-state index contributed by atoms with van der Waals surface area (Å²) in [5, 5.41) is 2.46. The van der Waals surface area contributed by atoms with Crippen LogP contribution in [0.3, 0.4) is 0 Å². The number of pyridine rings is 1. The molecule has 3 radical (unpaired) electrons. The van der Waals surface area contributed by atoms with Gasteiger partial charge in [0.05, 0.1) is 40.0 Å². The third-order valence-electron chi connectivity index (χ3n) is 13.5. The molecule has 76 heavy (non-hydrogen) atoms. The van der Waals surface area contributed by atoms with Crippen molar-refractivity contribution in [3.8, 4) is 0 Å². The standard InChI is InChI=1S/C30H43ClN2O4.C30H40ClN2O4.B.Na.H/c2*1-7-36-27(34)30(5,6)18-12-8-9-15-26(23-13-10-11-14-24(23)31)32-19-17-25-22(21-32)16-20-33(25)28(35)37-29(2,3)4;;;/h10-11,13-14,16,20,26H,7-9,12,15,17-19,21H2,1-6H3;10-11,13-14,16-17,19-21,26H,7-9,12,15,18H2,1-6H3;;;/q;+1;;+1;-1. The van der Waals surface area contributed by atoms with Crippen LogP contribution < -0.4 is 34.1 Å². The van der Waals surface area contributed by atoms with Crippen LogP contribution in [0, 0.1) is 10.8 Å². The zero-order valence-corrected chi connectivity index (χ0v) is 51.3. The van der Waals surface area contributed by atoms with Crippen LogP contribution in [0.2, 0.25) is 10.0 Å². The fraction of sp³-hybridized carbons (Fsp3) is 0.550. The number of esters is 2. The molecular formula is C60H84BCl2N4NaO8+. The Morgan fingerprint density at radius 3 is 1.67 bits per heavy atom. The molecule has 4 heterocycles. The molecule has 2 unspecified atom stereocenters. The van der Waals surface area contributed by atoms with Crippen LogP contribution in [-0.4, -0.2) is 77.5 Å². The van der Waals surface area contributed by atoms with Crippen LogP contribution in [-0.2, 0) is 41.5 Å². The fourth-order valence-corrected chi connectivity index (χ4v) is 10.0. The molecule has 0 saturated heterocycles. The second-order valence-corrected chi connectivity index (χ2v) is 23.6. The number of fused-ring (bicyclic) bond motifs is 2. The van der Waals surface area contributed by atoms with E-state index in [1.165, 1.54) is 0 Å². The number of hydrogen-bond acceptors (Lipinski definition) is 9. The topological polar surface area (TPSA) is 122 Å². The minimum absolute atomic E-state index is 0. The first-order valence-corrected chi connectivity index (χ1v) is 27.4. The first-order chi connectivity index (χ1) is 34.9. The van der Waals surface area contributed by atoms with Gasteiger partial charge in [-0.15, -0.1) is 0 Å². The molecule has 1 aliphatic rings. The summed E-state index contributed by atoms with van der Waals surface area (Å²) in [7, 11) is 0. The molecule has 2 atom stereocenters. The van der Waals surface area contributed by atoms with Gasteiger partial charge < -0.3 is 20.4 Å². The van der Waals surface area contributed by atoms with Crippen molar-refractivity contribution in [1.29, 1.82) is 0 Å². The Morgan fingerprint density at radius 2 is 1.14 bits per heavy atom. The molecule has 0 aliphatic carbocycles. The molecule has 0 fully saturated rings. The van der Waals surface area contributed by atoms with Crippen LogP contribution in [0.1, 0.15) is 183 Å². The van der Waals surface area contributed by atoms with E-state index in [-0.39, 0.29) is 69.5 Å². The predicted molar refractivity (Wildman–Crippen MR) is 302 cm³/mol. The number of nitrogens with zero attached hydrogens (tertiary/aromatic N) is 4. The number of carbonyl (C=O) groups excluding carboxylic acids is 4. The van der Waals surface area contributed by atoms with Crippen LogP contribution in [0.4, 0.5) is 9.59 Å². The van der Waals surface area contributed by atoms with Crippen molar-refractivity contribution in [2.75, 3.05) is 19.8 Å². The molecule has 5 aromatic rings. The summed E-state index contributed by atoms with van der Waals surface area (Å²) in [6, 6.07) is 22.2. The summed E-state index contributed by atoms with van der Waals surface area (Å²) in [4.78, 5) is 52.2. The minimum atomic E-state index is -0.566. The Bertz CT molecular complexity index is 2680. The molecule has 0 N–H and O–H groups in total. The second kappa shape index (κ2) is 29.8. The van der Waals surface area contributed by atoms with Gasteiger partial charge in [-0.1, -0.05) is 91.7 Å². The minimum Gasteiger partial charge on any atom is -1.00 e. The number of hydrogen-bond donors (Lipinski definition) is 0. The van der Waals surface area contributed by atoms with E-state index >= 15 is 0 Å². The summed E-state index contributed by atoms with van der Waals surface area (Å²) in [5.41, 5.74) is 3.17. The van der Waals surface area contributed by atoms with Gasteiger partial charge in [0.2, 0.25) is 0 Å². The quantitative estimate of drug-likeness (QED) is 0.0246. The SMILES string of the molecule is CCOC(=O)C(C)(C)CCCCCC(c1ccccc1Cl)N1CCc2c(ccn2C(=O)OC(C)(C)C)C1.CCOC(=O)C(C)(C)CCCCCC(c1ccccc1Cl)[n+]1ccc2c(ccn2C(=O)OC(C)(C)C)c1.[B].[H-].[Na+]. The molecule has 6 rings (SSSR count). The number of unbranched alkanes of at least 4 members (excludes halogenated alkanes) is 4. The van der Waals surface area contributed by atoms with Gasteiger partial charge in [0.25, 0.3) is 0 Å². The summed E-state index contributed by atoms with van der Waals surface area (Å²) in [6.45, 7) is 25.2. The van der Waals surface area contributed by atoms with Crippen molar-refractivity contribution in [3.05, 3.63) is 124 Å². The van der Waals surface area contributed by atoms with Crippen LogP contribution in [0.5, 0.6) is 0 Å². The maximum absolute atomic E-state index is 12.7. The molecule has 409 valence electrons. The molecule has 0 spiro atoms. The Kier molecular flexibility index (Phi) is 25.9. The van der Waals surface area contributed by atoms with E-state index in [0.717, 1.165) is 127 Å². The normalized spacial score (nSPS) is 13.7. The van der Waals surface area contributed by atoms with Gasteiger partial charge in [-0.25, -0.2) is 9.59 Å². The van der Waals surface area contributed by atoms with E-state index in [0.29, 0.717) is 13.2 Å². The van der Waals surface area contributed by atoms with Crippen molar-refractivity contribution in [2.45, 2.75) is 184 Å². The van der Waals surface area contributed by atoms with Crippen molar-refractivity contribution < 1.29 is 73.7 Å². The molecule has 1 aliphatic heterocycles. The summed E-state index contributed by atoms with van der Waals surface area (Å²) in [6.07, 6.45) is 17.2. The monoisotopic (exact) mass is 1090 g/mol. The Labute approximate surface area is 489 Å². The average Bonchev–Trinajstić information content (AvgIpc) is 3.96. The zero-order valence-electron chi connectivity index (χ0n) is 48.8. The second-order valence-electron chi connectivity index (χ2n) is 22.7. The van der Waals surface area contributed by atoms with Crippen molar-refractivity contribution >= 4 is 66.6 Å². The Hall–Kier alpha value is -4.11. The molecule has 16 heteroatoms. The molecule has 2 aromatic carbocycles. The number of rotatable bonds is 20. The molecule has 0 saturated carbocycles. The van der Waals surface area contributed by atoms with E-state index in [1.807, 2.05) is 150 Å². The first-order valence-electron chi connectivity index (χ1n) is 26.6. The third kappa shape index (κ3) is 19.1. The summed E-state index contributed by atoms with van der Waals surface area (Å²) in [5.74, 6) is -0.252. The van der Waals surface area contributed by atoms with Crippen molar-refractivity contribution in [3.63, 3.8) is 0 Å². The van der Waals surface area contributed by atoms with Crippen molar-refractivity contribution in [2.24, 2.45) is 10.8 Å². The Balaban J connectivity index is 0.000000507. The number of aromatic nitrogens is 3. The van der Waals surface area contributed by atoms with E-state index in [2.05, 4.69) is 27.8 Å². The maximum atomic E-state index is 12.7. The number of carbonyl (C=O) groups is 4. The number of benzene rings is 2. The molecule has 3 aromatic heterocycles. The van der Waals surface area contributed by atoms with Crippen LogP contribution in [0.15, 0.2) is 91.5 Å². The van der Waals surface area contributed by atoms with E-state index < -0.39 is 28.1 Å². The zero-order chi connectivity index (χ0) is 54.4. The Morgan fingerprint density at radius 1 is 0.645 bits per heavy atom. The van der Waals surface area contributed by atoms with Crippen LogP contribution in [0.25, 0.3) is 10.9 Å². The fourth-order valence-electron chi connectivity index (χ4n) is 9.51. The van der Waals surface area contributed by atoms with Gasteiger partial charge >= 0.3 is 53.7 Å². The van der Waals surface area contributed by atoms with E-state index in [4.69, 9.17) is 42.1 Å². The van der Waals surface area contributed by atoms with Crippen LogP contribution >= 0.6 is 23.2 Å². The molecule has 0 bridgehead atoms. The molecular weight excluding hydrogens is 1010 g/mol. The number of halogens is 2. The summed E-state index contributed by atoms with van der Waals surface area (Å²) < 4.78 is 27.0. The van der Waals surface area contributed by atoms with E-state index in [9.17, 15) is 19.2 Å². The van der Waals surface area contributed by atoms with Gasteiger partial charge in [-0.05, 0) is 144 Å². The molecule has 0 amide bonds. The smallest absolute Gasteiger partial charge is 1.00 e. The first kappa shape index (κ1) is 66.2. The predicted octanol–water partition coefficient (Wildman–Crippen LogP) is 11.8. The van der Waals surface area contributed by atoms with Gasteiger partial charge in [-0.3, -0.25) is 23.6 Å². The maximum Gasteiger partial charge on any atom is 1.00 e. The molecule has 12 nitrogen and oxygen atoms in total. The van der Waals surface area contributed by atoms with Gasteiger partial charge in [-0.2, -0.15) is 4.57 Å². The van der Waals surface area contributed by atoms with Gasteiger partial charge in [0, 0.05) is 75.1 Å². The van der Waals surface area contributed by atoms with Crippen molar-refractivity contribution in [1.82, 2.24) is 14.0 Å². The summed E-state index contributed by atoms with van der Waals surface area (Å²) >= 11 is 13.3. The third-order valence-corrected chi connectivity index (χ3v) is 14.2. The van der Waals surface area contributed by atoms with Gasteiger partial charge in [0.1, 0.15) is 11.2 Å². The van der Waals surface area contributed by atoms with E-state index in [1.54, 1.807) is 15.3 Å². The number of ether oxygens (including phenoxy) is 4. The van der Waals surface area contributed by atoms with Gasteiger partial charge in [0.15, 0.2) is 18.4 Å².